The van der Waals surface area contributed by atoms with Crippen molar-refractivity contribution in [1.29, 1.82) is 0 Å². The van der Waals surface area contributed by atoms with E-state index in [1.807, 2.05) is 18.2 Å². The highest BCUT2D eigenvalue weighted by Gasteiger charge is 2.00. The van der Waals surface area contributed by atoms with Crippen LogP contribution in [0.2, 0.25) is 0 Å². The van der Waals surface area contributed by atoms with E-state index in [0.717, 1.165) is 49.7 Å². The van der Waals surface area contributed by atoms with Crippen molar-refractivity contribution >= 4 is 24.3 Å². The summed E-state index contributed by atoms with van der Waals surface area (Å²) in [6, 6.07) is 14.3. The lowest BCUT2D eigenvalue weighted by Gasteiger charge is -1.89. The maximum absolute atomic E-state index is 5.68. The molecule has 5 rings (SSSR count). The third-order valence-corrected chi connectivity index (χ3v) is 4.45. The number of fused-ring (bicyclic) bond motifs is 8. The number of terminal acetylenes is 1. The van der Waals surface area contributed by atoms with Gasteiger partial charge in [-0.1, -0.05) is 5.92 Å². The van der Waals surface area contributed by atoms with Gasteiger partial charge in [-0.25, -0.2) is 0 Å². The summed E-state index contributed by atoms with van der Waals surface area (Å²) < 4.78 is 0. The van der Waals surface area contributed by atoms with Crippen LogP contribution in [-0.2, 0) is 0 Å². The minimum Gasteiger partial charge on any atom is -0.355 e. The second-order valence-corrected chi connectivity index (χ2v) is 6.38. The van der Waals surface area contributed by atoms with E-state index in [1.165, 1.54) is 0 Å². The van der Waals surface area contributed by atoms with Gasteiger partial charge >= 0.3 is 0 Å². The number of rotatable bonds is 0. The van der Waals surface area contributed by atoms with Gasteiger partial charge in [0.05, 0.1) is 5.35 Å². The quantitative estimate of drug-likeness (QED) is 0.300. The Morgan fingerprint density at radius 3 is 1.69 bits per heavy atom. The van der Waals surface area contributed by atoms with Crippen LogP contribution >= 0.6 is 0 Å². The first-order valence-electron chi connectivity index (χ1n) is 8.41. The molecule has 4 nitrogen and oxygen atoms in total. The van der Waals surface area contributed by atoms with E-state index < -0.39 is 0 Å². The molecule has 0 unspecified atom stereocenters. The zero-order chi connectivity index (χ0) is 17.5. The Labute approximate surface area is 149 Å². The van der Waals surface area contributed by atoms with E-state index in [9.17, 15) is 0 Å². The molecule has 0 atom stereocenters. The summed E-state index contributed by atoms with van der Waals surface area (Å²) in [5.74, 6) is 2.76. The summed E-state index contributed by atoms with van der Waals surface area (Å²) in [5.41, 5.74) is 4.91. The number of H-pyrrole nitrogens is 4. The van der Waals surface area contributed by atoms with Crippen LogP contribution in [0.25, 0.3) is 24.3 Å². The van der Waals surface area contributed by atoms with Crippen LogP contribution in [0, 0.1) is 12.3 Å². The highest BCUT2D eigenvalue weighted by atomic mass is 14.8. The van der Waals surface area contributed by atoms with Crippen molar-refractivity contribution in [2.45, 2.75) is 0 Å². The average Bonchev–Trinajstić information content (AvgIpc) is 3.39. The lowest BCUT2D eigenvalue weighted by atomic mass is 10.2. The zero-order valence-corrected chi connectivity index (χ0v) is 13.9. The molecule has 0 saturated carbocycles. The van der Waals surface area contributed by atoms with Gasteiger partial charge in [-0.05, 0) is 66.8 Å². The van der Waals surface area contributed by atoms with Crippen LogP contribution in [-0.4, -0.2) is 19.9 Å². The monoisotopic (exact) mass is 336 g/mol. The Hall–Kier alpha value is -3.84. The summed E-state index contributed by atoms with van der Waals surface area (Å²) >= 11 is 0. The molecule has 8 bridgehead atoms. The van der Waals surface area contributed by atoms with Gasteiger partial charge in [-0.15, -0.1) is 6.42 Å². The Morgan fingerprint density at radius 2 is 1.12 bits per heavy atom. The molecule has 1 aliphatic rings. The number of hydrogen-bond acceptors (Lipinski definition) is 0. The topological polar surface area (TPSA) is 63.2 Å². The normalized spacial score (nSPS) is 12.3. The number of aromatic nitrogens is 4. The molecule has 4 heteroatoms. The van der Waals surface area contributed by atoms with Crippen molar-refractivity contribution in [2.24, 2.45) is 0 Å². The Morgan fingerprint density at radius 1 is 0.577 bits per heavy atom. The van der Waals surface area contributed by atoms with E-state index in [2.05, 4.69) is 74.4 Å². The molecule has 0 saturated heterocycles. The lowest BCUT2D eigenvalue weighted by Crippen LogP contribution is -2.11. The van der Waals surface area contributed by atoms with E-state index in [4.69, 9.17) is 6.42 Å². The third kappa shape index (κ3) is 2.62. The second kappa shape index (κ2) is 5.61. The first kappa shape index (κ1) is 14.5. The summed E-state index contributed by atoms with van der Waals surface area (Å²) in [7, 11) is 0. The largest absolute Gasteiger partial charge is 0.355 e. The fourth-order valence-electron chi connectivity index (χ4n) is 3.26. The molecule has 0 fully saturated rings. The molecular formula is C22H16N4. The van der Waals surface area contributed by atoms with Crippen LogP contribution in [0.4, 0.5) is 0 Å². The molecule has 0 spiro atoms. The molecule has 4 aromatic heterocycles. The van der Waals surface area contributed by atoms with E-state index in [0.29, 0.717) is 0 Å². The molecule has 4 aromatic rings. The van der Waals surface area contributed by atoms with E-state index in [-0.39, 0.29) is 0 Å². The summed E-state index contributed by atoms with van der Waals surface area (Å²) in [6.07, 6.45) is 13.9. The Kier molecular flexibility index (Phi) is 3.13. The van der Waals surface area contributed by atoms with E-state index >= 15 is 0 Å². The molecule has 1 aliphatic heterocycles. The van der Waals surface area contributed by atoms with Crippen LogP contribution in [0.15, 0.2) is 42.5 Å². The average molecular weight is 336 g/mol. The molecule has 0 aromatic carbocycles. The smallest absolute Gasteiger partial charge is 0.0564 e. The first-order valence-corrected chi connectivity index (χ1v) is 8.41. The van der Waals surface area contributed by atoms with Gasteiger partial charge in [0, 0.05) is 44.4 Å². The van der Waals surface area contributed by atoms with Gasteiger partial charge in [0.15, 0.2) is 0 Å². The van der Waals surface area contributed by atoms with Crippen LogP contribution in [0.1, 0.15) is 28.3 Å². The van der Waals surface area contributed by atoms with Crippen LogP contribution < -0.4 is 21.4 Å². The summed E-state index contributed by atoms with van der Waals surface area (Å²) in [5, 5.41) is 3.97. The second-order valence-electron chi connectivity index (χ2n) is 6.38. The lowest BCUT2D eigenvalue weighted by molar-refractivity contribution is 1.23. The van der Waals surface area contributed by atoms with Gasteiger partial charge in [-0.2, -0.15) is 0 Å². The standard InChI is InChI=1S/C22H16N4/c1-2-14-9-21-12-19-6-5-17(24-19)10-15-3-4-16(23-15)11-18-7-8-20(25-18)13-22(14)26-21/h1,3-13,23-26H. The van der Waals surface area contributed by atoms with Gasteiger partial charge in [0.1, 0.15) is 0 Å². The molecule has 5 heterocycles. The third-order valence-electron chi connectivity index (χ3n) is 4.45. The van der Waals surface area contributed by atoms with Gasteiger partial charge < -0.3 is 19.9 Å². The van der Waals surface area contributed by atoms with Gasteiger partial charge in [-0.3, -0.25) is 0 Å². The fraction of sp³-hybridized carbons (Fsp3) is 0. The van der Waals surface area contributed by atoms with Crippen molar-refractivity contribution in [3.05, 3.63) is 92.2 Å². The summed E-state index contributed by atoms with van der Waals surface area (Å²) in [6.45, 7) is 0. The predicted octanol–water partition coefficient (Wildman–Crippen LogP) is 0.609. The van der Waals surface area contributed by atoms with Crippen LogP contribution in [0.5, 0.6) is 0 Å². The van der Waals surface area contributed by atoms with Crippen LogP contribution in [0.3, 0.4) is 0 Å². The molecule has 0 radical (unpaired) electrons. The SMILES string of the molecule is C#Cc1cc2[nH]c1=Cc1ccc([nH]1)C=c1ccc([nH]1)=Cc1ccc([nH]1)C=2. The van der Waals surface area contributed by atoms with Crippen molar-refractivity contribution < 1.29 is 0 Å². The Balaban J connectivity index is 1.82. The molecule has 0 amide bonds. The predicted molar refractivity (Wildman–Crippen MR) is 104 cm³/mol. The van der Waals surface area contributed by atoms with Crippen molar-refractivity contribution in [3.63, 3.8) is 0 Å². The molecule has 4 N–H and O–H groups in total. The zero-order valence-electron chi connectivity index (χ0n) is 13.9. The maximum Gasteiger partial charge on any atom is 0.0564 e. The number of aromatic amines is 4. The fourth-order valence-corrected chi connectivity index (χ4v) is 3.26. The number of nitrogens with one attached hydrogen (secondary N) is 4. The van der Waals surface area contributed by atoms with Gasteiger partial charge in [0.25, 0.3) is 0 Å². The highest BCUT2D eigenvalue weighted by Crippen LogP contribution is 2.05. The van der Waals surface area contributed by atoms with E-state index in [1.54, 1.807) is 0 Å². The minimum absolute atomic E-state index is 0.840. The first-order chi connectivity index (χ1) is 12.7. The van der Waals surface area contributed by atoms with Crippen molar-refractivity contribution in [3.8, 4) is 12.3 Å². The Bertz CT molecular complexity index is 1390. The maximum atomic E-state index is 5.68. The minimum atomic E-state index is 0.840. The van der Waals surface area contributed by atoms with Crippen molar-refractivity contribution in [2.75, 3.05) is 0 Å². The van der Waals surface area contributed by atoms with Gasteiger partial charge in [0.2, 0.25) is 0 Å². The molecule has 0 aliphatic carbocycles. The summed E-state index contributed by atoms with van der Waals surface area (Å²) in [4.78, 5) is 13.6. The number of hydrogen-bond donors (Lipinski definition) is 4. The highest BCUT2D eigenvalue weighted by molar-refractivity contribution is 5.56. The molecule has 26 heavy (non-hydrogen) atoms. The molecule has 124 valence electrons. The molecular weight excluding hydrogens is 320 g/mol. The van der Waals surface area contributed by atoms with Crippen molar-refractivity contribution in [1.82, 2.24) is 19.9 Å².